The number of hydrogen-bond acceptors (Lipinski definition) is 39. The Morgan fingerprint density at radius 1 is 0.175 bits per heavy atom. The zero-order valence-electron chi connectivity index (χ0n) is 70.9. The lowest BCUT2D eigenvalue weighted by Gasteiger charge is -2.26. The molecule has 0 unspecified atom stereocenters. The van der Waals surface area contributed by atoms with Gasteiger partial charge in [0, 0.05) is 0 Å². The number of rotatable bonds is 67. The molecule has 69 nitrogen and oxygen atoms in total. The fourth-order valence-corrected chi connectivity index (χ4v) is 10.5. The van der Waals surface area contributed by atoms with Gasteiger partial charge in [0.05, 0.1) is 137 Å². The number of primary amides is 3. The monoisotopic (exact) mass is 1970 g/mol. The normalized spacial score (nSPS) is 14.4. The SMILES string of the molecule is NCC(=O)N[C@@H](CO)C(=O)NCC(=O)N[C@@H](CO)C(=O)N[C@@H](CC(=O)O)C(=O)N[C@@H](CO)C(=O)N[C@@H](CC(N)=O)C(=O)N[C@@H](CC(=O)O)C(=O)NCC(=O)N[C@@H](CO)C(=O)NCC(=O)N[C@@H](CO)C(=O)N[C@@H](CC(=O)O)C(=O)N[C@@H](CO)C(=O)N[C@@H](CC(N)=O)C(=O)N[C@@H](CC(=O)O)C(=O)N[C@@H](CO)C(=O)N[C@@H](CC(=O)O)C(=O)N[C@@H](CO)C(=O)N[C@@H](CC(N)=O)C(=O)N[C@@H](CC(=O)O)C(=O)O. The van der Waals surface area contributed by atoms with E-state index in [9.17, 15) is 215 Å². The number of aliphatic carboxylic acids is 7. The number of nitrogens with two attached hydrogens (primary N) is 4. The van der Waals surface area contributed by atoms with E-state index in [-0.39, 0.29) is 0 Å². The summed E-state index contributed by atoms with van der Waals surface area (Å²) in [5.74, 6) is -48.1. The molecule has 0 aliphatic carbocycles. The number of aliphatic hydroxyl groups is 8. The van der Waals surface area contributed by atoms with Crippen LogP contribution in [-0.4, -0.2) is 436 Å². The van der Waals surface area contributed by atoms with E-state index in [4.69, 9.17) is 28.0 Å². The van der Waals surface area contributed by atoms with Crippen LogP contribution in [0.3, 0.4) is 0 Å². The summed E-state index contributed by atoms with van der Waals surface area (Å²) < 4.78 is 0. The molecule has 764 valence electrons. The van der Waals surface area contributed by atoms with Crippen LogP contribution in [0.15, 0.2) is 0 Å². The van der Waals surface area contributed by atoms with Gasteiger partial charge < -0.3 is 206 Å². The maximum atomic E-state index is 13.7. The summed E-state index contributed by atoms with van der Waals surface area (Å²) in [5.41, 5.74) is 20.7. The number of carbonyl (C=O) groups excluding carboxylic acids is 23. The van der Waals surface area contributed by atoms with Gasteiger partial charge in [0.25, 0.3) is 0 Å². The van der Waals surface area contributed by atoms with E-state index in [0.717, 1.165) is 0 Å². The molecule has 17 atom stereocenters. The van der Waals surface area contributed by atoms with Crippen molar-refractivity contribution in [3.8, 4) is 0 Å². The van der Waals surface area contributed by atoms with E-state index in [1.54, 1.807) is 42.5 Å². The van der Waals surface area contributed by atoms with Crippen molar-refractivity contribution in [3.63, 3.8) is 0 Å². The molecule has 0 rings (SSSR count). The van der Waals surface area contributed by atoms with Crippen molar-refractivity contribution < 1.29 is 220 Å². The first-order chi connectivity index (χ1) is 64.0. The maximum absolute atomic E-state index is 13.7. The summed E-state index contributed by atoms with van der Waals surface area (Å²) >= 11 is 0. The average molecular weight is 1980 g/mol. The highest BCUT2D eigenvalue weighted by molar-refractivity contribution is 6.05. The van der Waals surface area contributed by atoms with Crippen LogP contribution in [0.2, 0.25) is 0 Å². The summed E-state index contributed by atoms with van der Waals surface area (Å²) in [5, 5.41) is 182. The lowest BCUT2D eigenvalue weighted by atomic mass is 10.1. The number of carboxylic acid groups (broad SMARTS) is 7. The molecule has 43 N–H and O–H groups in total. The third kappa shape index (κ3) is 46.6. The Hall–Kier alpha value is -16.3. The Balaban J connectivity index is 6.32. The van der Waals surface area contributed by atoms with Crippen molar-refractivity contribution >= 4 is 178 Å². The minimum atomic E-state index is -2.47. The third-order valence-corrected chi connectivity index (χ3v) is 17.2. The molecular weight excluding hydrogens is 1870 g/mol. The average Bonchev–Trinajstić information content (AvgIpc) is 0.851. The number of hydrogen-bond donors (Lipinski definition) is 39. The molecule has 69 heteroatoms. The molecule has 0 aromatic heterocycles. The van der Waals surface area contributed by atoms with Gasteiger partial charge in [-0.3, -0.25) is 139 Å². The van der Waals surface area contributed by atoms with Crippen molar-refractivity contribution in [2.45, 2.75) is 160 Å². The molecule has 23 amide bonds. The largest absolute Gasteiger partial charge is 0.481 e. The number of amides is 23. The van der Waals surface area contributed by atoms with Crippen LogP contribution in [0.25, 0.3) is 0 Å². The zero-order valence-corrected chi connectivity index (χ0v) is 70.9. The van der Waals surface area contributed by atoms with Gasteiger partial charge in [0.15, 0.2) is 0 Å². The molecule has 0 aromatic carbocycles. The van der Waals surface area contributed by atoms with Crippen LogP contribution in [-0.2, 0) is 144 Å². The van der Waals surface area contributed by atoms with E-state index < -0.39 is 417 Å². The lowest BCUT2D eigenvalue weighted by molar-refractivity contribution is -0.147. The van der Waals surface area contributed by atoms with Crippen LogP contribution in [0.1, 0.15) is 57.8 Å². The predicted molar refractivity (Wildman–Crippen MR) is 430 cm³/mol. The highest BCUT2D eigenvalue weighted by Gasteiger charge is 2.41. The smallest absolute Gasteiger partial charge is 0.326 e. The number of nitrogens with one attached hydrogen (secondary N) is 20. The fraction of sp³-hybridized carbons (Fsp3) is 0.559. The Labute approximate surface area is 764 Å². The summed E-state index contributed by atoms with van der Waals surface area (Å²) in [6.07, 6.45) is -12.1. The molecule has 0 saturated carbocycles. The van der Waals surface area contributed by atoms with E-state index in [1.807, 2.05) is 63.8 Å². The van der Waals surface area contributed by atoms with E-state index >= 15 is 0 Å². The Morgan fingerprint density at radius 2 is 0.307 bits per heavy atom. The van der Waals surface area contributed by atoms with E-state index in [2.05, 4.69) is 0 Å². The van der Waals surface area contributed by atoms with Crippen LogP contribution < -0.4 is 129 Å². The van der Waals surface area contributed by atoms with Crippen LogP contribution in [0.4, 0.5) is 0 Å². The van der Waals surface area contributed by atoms with Crippen molar-refractivity contribution in [2.75, 3.05) is 79.0 Å². The van der Waals surface area contributed by atoms with Crippen molar-refractivity contribution in [3.05, 3.63) is 0 Å². The lowest BCUT2D eigenvalue weighted by Crippen LogP contribution is -2.62. The molecular formula is C68H102N24O45. The van der Waals surface area contributed by atoms with E-state index in [0.29, 0.717) is 0 Å². The molecule has 0 aliphatic rings. The van der Waals surface area contributed by atoms with Crippen molar-refractivity contribution in [2.24, 2.45) is 22.9 Å². The zero-order chi connectivity index (χ0) is 105. The summed E-state index contributed by atoms with van der Waals surface area (Å²) in [6, 6.07) is -38.0. The van der Waals surface area contributed by atoms with Crippen molar-refractivity contribution in [1.82, 2.24) is 106 Å². The second-order valence-corrected chi connectivity index (χ2v) is 28.0. The molecule has 0 aromatic rings. The molecule has 0 saturated heterocycles. The number of carboxylic acids is 7. The summed E-state index contributed by atoms with van der Waals surface area (Å²) in [4.78, 5) is 381. The standard InChI is InChI=1S/C68H102N24O45/c69-10-42(104)76-31(14-93)53(121)74-12-44(106)78-33(16-95)62(130)85-27(6-48(112)113)59(127)89-35(18-97)64(132)80-22(1-39(70)101)55(123)83-25(4-46(108)109)52(120)73-11-43(105)77-32(15-94)54(122)75-13-45(107)79-34(17-96)63(131)86-28(7-49(114)115)60(128)90-36(19-98)65(133)81-23(2-40(71)102)56(124)84-26(5-47(110)111)58(126)92-38(21-100)67(135)87-29(8-50(116)117)61(129)91-37(20-99)66(134)82-24(3-41(72)103)57(125)88-30(68(136)137)9-51(118)119/h22-38,93-100H,1-21,69H2,(H2,70,101)(H2,71,102)(H2,72,103)(H,73,120)(H,74,121)(H,75,122)(H,76,104)(H,77,105)(H,78,106)(H,79,107)(H,80,132)(H,81,133)(H,82,134)(H,83,123)(H,84,124)(H,85,130)(H,86,131)(H,87,135)(H,88,125)(H,89,127)(H,90,128)(H,91,129)(H,92,126)(H,108,109)(H,110,111)(H,112,113)(H,114,115)(H,116,117)(H,118,119)(H,136,137)/t22-,23-,24-,25-,26-,27-,28-,29-,30-,31-,32-,33-,34-,35-,36-,37-,38-/m0/s1. The van der Waals surface area contributed by atoms with Gasteiger partial charge in [0.1, 0.15) is 103 Å². The molecule has 0 spiro atoms. The van der Waals surface area contributed by atoms with E-state index in [1.165, 1.54) is 0 Å². The van der Waals surface area contributed by atoms with Gasteiger partial charge in [0.2, 0.25) is 136 Å². The van der Waals surface area contributed by atoms with Crippen LogP contribution in [0, 0.1) is 0 Å². The minimum absolute atomic E-state index is 0.600. The van der Waals surface area contributed by atoms with Crippen LogP contribution >= 0.6 is 0 Å². The van der Waals surface area contributed by atoms with Crippen LogP contribution in [0.5, 0.6) is 0 Å². The fourth-order valence-electron chi connectivity index (χ4n) is 10.5. The quantitative estimate of drug-likeness (QED) is 0.0269. The Bertz CT molecular complexity index is 4480. The van der Waals surface area contributed by atoms with Gasteiger partial charge in [-0.05, 0) is 0 Å². The topological polar surface area (TPSA) is 1160 Å². The molecule has 137 heavy (non-hydrogen) atoms. The number of carbonyl (C=O) groups is 30. The maximum Gasteiger partial charge on any atom is 0.326 e. The van der Waals surface area contributed by atoms with Gasteiger partial charge >= 0.3 is 41.8 Å². The van der Waals surface area contributed by atoms with Gasteiger partial charge in [-0.25, -0.2) is 4.79 Å². The minimum Gasteiger partial charge on any atom is -0.481 e. The Morgan fingerprint density at radius 3 is 0.474 bits per heavy atom. The Kier molecular flexibility index (Phi) is 54.2. The van der Waals surface area contributed by atoms with Gasteiger partial charge in [-0.1, -0.05) is 0 Å². The second kappa shape index (κ2) is 61.5. The molecule has 0 heterocycles. The number of aliphatic hydroxyl groups excluding tert-OH is 8. The molecule has 0 radical (unpaired) electrons. The first-order valence-electron chi connectivity index (χ1n) is 38.9. The highest BCUT2D eigenvalue weighted by Crippen LogP contribution is 2.09. The second-order valence-electron chi connectivity index (χ2n) is 28.0. The summed E-state index contributed by atoms with van der Waals surface area (Å²) in [7, 11) is 0. The van der Waals surface area contributed by atoms with Gasteiger partial charge in [-0.15, -0.1) is 0 Å². The molecule has 0 aliphatic heterocycles. The molecule has 0 fully saturated rings. The van der Waals surface area contributed by atoms with Crippen molar-refractivity contribution in [1.29, 1.82) is 0 Å². The predicted octanol–water partition coefficient (Wildman–Crippen LogP) is -27.0. The molecule has 0 bridgehead atoms. The first kappa shape index (κ1) is 121. The highest BCUT2D eigenvalue weighted by atomic mass is 16.4. The van der Waals surface area contributed by atoms with Gasteiger partial charge in [-0.2, -0.15) is 0 Å². The third-order valence-electron chi connectivity index (χ3n) is 17.2. The first-order valence-corrected chi connectivity index (χ1v) is 38.9. The summed E-state index contributed by atoms with van der Waals surface area (Å²) in [6.45, 7) is -15.1.